The number of hydrogen-bond acceptors (Lipinski definition) is 5. The summed E-state index contributed by atoms with van der Waals surface area (Å²) >= 11 is 0. The Hall–Kier alpha value is -1.18. The Kier molecular flexibility index (Phi) is 4.15. The van der Waals surface area contributed by atoms with Gasteiger partial charge in [0, 0.05) is 25.4 Å². The zero-order chi connectivity index (χ0) is 13.0. The van der Waals surface area contributed by atoms with Gasteiger partial charge in [-0.2, -0.15) is 0 Å². The van der Waals surface area contributed by atoms with E-state index in [0.29, 0.717) is 13.2 Å². The lowest BCUT2D eigenvalue weighted by atomic mass is 10.1. The molecule has 0 saturated carbocycles. The zero-order valence-electron chi connectivity index (χ0n) is 10.0. The molecule has 2 heterocycles. The molecule has 1 fully saturated rings. The van der Waals surface area contributed by atoms with Crippen LogP contribution in [0.3, 0.4) is 0 Å². The van der Waals surface area contributed by atoms with E-state index in [4.69, 9.17) is 10.5 Å². The summed E-state index contributed by atoms with van der Waals surface area (Å²) in [5.74, 6) is 0.187. The highest BCUT2D eigenvalue weighted by atomic mass is 32.2. The van der Waals surface area contributed by atoms with Crippen LogP contribution in [0.1, 0.15) is 19.3 Å². The quantitative estimate of drug-likeness (QED) is 0.832. The van der Waals surface area contributed by atoms with Crippen molar-refractivity contribution in [1.82, 2.24) is 9.71 Å². The third kappa shape index (κ3) is 3.41. The van der Waals surface area contributed by atoms with Crippen LogP contribution in [-0.2, 0) is 14.8 Å². The fourth-order valence-corrected chi connectivity index (χ4v) is 2.94. The molecular formula is C11H17N3O3S. The molecular weight excluding hydrogens is 254 g/mol. The summed E-state index contributed by atoms with van der Waals surface area (Å²) in [6.45, 7) is 0.999. The van der Waals surface area contributed by atoms with Gasteiger partial charge in [-0.05, 0) is 25.3 Å². The Morgan fingerprint density at radius 1 is 1.50 bits per heavy atom. The second-order valence-corrected chi connectivity index (χ2v) is 6.02. The van der Waals surface area contributed by atoms with Crippen LogP contribution >= 0.6 is 0 Å². The molecule has 100 valence electrons. The van der Waals surface area contributed by atoms with Gasteiger partial charge in [-0.3, -0.25) is 0 Å². The first-order chi connectivity index (χ1) is 8.58. The molecule has 7 heteroatoms. The van der Waals surface area contributed by atoms with E-state index in [1.807, 2.05) is 0 Å². The molecule has 0 aliphatic carbocycles. The normalized spacial score (nSPS) is 20.8. The number of hydrogen-bond donors (Lipinski definition) is 2. The Labute approximate surface area is 107 Å². The highest BCUT2D eigenvalue weighted by Gasteiger charge is 2.19. The molecule has 0 bridgehead atoms. The topological polar surface area (TPSA) is 94.3 Å². The lowest BCUT2D eigenvalue weighted by Gasteiger charge is -2.22. The Morgan fingerprint density at radius 3 is 3.00 bits per heavy atom. The molecule has 3 N–H and O–H groups in total. The number of nitrogens with zero attached hydrogens (tertiary/aromatic N) is 1. The van der Waals surface area contributed by atoms with E-state index in [-0.39, 0.29) is 16.8 Å². The zero-order valence-corrected chi connectivity index (χ0v) is 10.8. The number of nitrogen functional groups attached to an aromatic ring is 1. The molecule has 1 aromatic rings. The molecule has 0 spiro atoms. The fraction of sp³-hybridized carbons (Fsp3) is 0.545. The van der Waals surface area contributed by atoms with Gasteiger partial charge in [-0.15, -0.1) is 0 Å². The van der Waals surface area contributed by atoms with Crippen LogP contribution in [0.25, 0.3) is 0 Å². The number of aromatic nitrogens is 1. The van der Waals surface area contributed by atoms with Gasteiger partial charge >= 0.3 is 0 Å². The van der Waals surface area contributed by atoms with Crippen LogP contribution < -0.4 is 10.5 Å². The predicted molar refractivity (Wildman–Crippen MR) is 67.4 cm³/mol. The molecule has 0 radical (unpaired) electrons. The van der Waals surface area contributed by atoms with Gasteiger partial charge in [-0.1, -0.05) is 0 Å². The number of anilines is 1. The first-order valence-corrected chi connectivity index (χ1v) is 7.39. The number of pyridine rings is 1. The molecule has 1 saturated heterocycles. The lowest BCUT2D eigenvalue weighted by Crippen LogP contribution is -2.35. The molecule has 1 aliphatic heterocycles. The average Bonchev–Trinajstić information content (AvgIpc) is 2.38. The summed E-state index contributed by atoms with van der Waals surface area (Å²) in [5, 5.41) is 0. The van der Waals surface area contributed by atoms with E-state index in [2.05, 4.69) is 9.71 Å². The number of nitrogens with one attached hydrogen (secondary N) is 1. The van der Waals surface area contributed by atoms with Crippen LogP contribution in [-0.4, -0.2) is 32.7 Å². The van der Waals surface area contributed by atoms with Crippen LogP contribution in [0.2, 0.25) is 0 Å². The maximum atomic E-state index is 12.0. The highest BCUT2D eigenvalue weighted by molar-refractivity contribution is 7.89. The number of sulfonamides is 1. The van der Waals surface area contributed by atoms with Crippen LogP contribution in [0, 0.1) is 0 Å². The monoisotopic (exact) mass is 271 g/mol. The first kappa shape index (κ1) is 13.3. The van der Waals surface area contributed by atoms with E-state index >= 15 is 0 Å². The molecule has 6 nitrogen and oxygen atoms in total. The smallest absolute Gasteiger partial charge is 0.240 e. The van der Waals surface area contributed by atoms with Crippen molar-refractivity contribution < 1.29 is 13.2 Å². The van der Waals surface area contributed by atoms with E-state index in [9.17, 15) is 8.42 Å². The van der Waals surface area contributed by atoms with Crippen molar-refractivity contribution in [2.45, 2.75) is 30.3 Å². The molecule has 1 atom stereocenters. The largest absolute Gasteiger partial charge is 0.384 e. The van der Waals surface area contributed by atoms with Gasteiger partial charge in [0.25, 0.3) is 0 Å². The van der Waals surface area contributed by atoms with Gasteiger partial charge in [0.2, 0.25) is 10.0 Å². The molecule has 1 aromatic heterocycles. The number of rotatable bonds is 4. The number of ether oxygens (including phenoxy) is 1. The first-order valence-electron chi connectivity index (χ1n) is 5.91. The molecule has 0 aromatic carbocycles. The van der Waals surface area contributed by atoms with Gasteiger partial charge in [0.1, 0.15) is 5.82 Å². The van der Waals surface area contributed by atoms with Crippen LogP contribution in [0.5, 0.6) is 0 Å². The standard InChI is InChI=1S/C11H17N3O3S/c12-11-7-10(4-5-13-11)18(15,16)14-8-9-3-1-2-6-17-9/h4-5,7,9,14H,1-3,6,8H2,(H2,12,13). The Morgan fingerprint density at radius 2 is 2.33 bits per heavy atom. The summed E-state index contributed by atoms with van der Waals surface area (Å²) in [7, 11) is -3.53. The van der Waals surface area contributed by atoms with Crippen LogP contribution in [0.4, 0.5) is 5.82 Å². The summed E-state index contributed by atoms with van der Waals surface area (Å²) in [5.41, 5.74) is 5.47. The molecule has 1 aliphatic rings. The molecule has 1 unspecified atom stereocenters. The lowest BCUT2D eigenvalue weighted by molar-refractivity contribution is 0.0200. The van der Waals surface area contributed by atoms with Crippen molar-refractivity contribution in [2.75, 3.05) is 18.9 Å². The van der Waals surface area contributed by atoms with Gasteiger partial charge in [0.15, 0.2) is 0 Å². The van der Waals surface area contributed by atoms with E-state index < -0.39 is 10.0 Å². The maximum Gasteiger partial charge on any atom is 0.240 e. The Balaban J connectivity index is 1.98. The third-order valence-electron chi connectivity index (χ3n) is 2.84. The highest BCUT2D eigenvalue weighted by Crippen LogP contribution is 2.14. The van der Waals surface area contributed by atoms with Crippen molar-refractivity contribution in [3.63, 3.8) is 0 Å². The van der Waals surface area contributed by atoms with Crippen LogP contribution in [0.15, 0.2) is 23.2 Å². The average molecular weight is 271 g/mol. The third-order valence-corrected chi connectivity index (χ3v) is 4.26. The van der Waals surface area contributed by atoms with E-state index in [1.54, 1.807) is 0 Å². The second-order valence-electron chi connectivity index (χ2n) is 4.26. The minimum Gasteiger partial charge on any atom is -0.384 e. The minimum absolute atomic E-state index is 0.0345. The van der Waals surface area contributed by atoms with E-state index in [1.165, 1.54) is 18.3 Å². The molecule has 18 heavy (non-hydrogen) atoms. The van der Waals surface area contributed by atoms with Crippen molar-refractivity contribution in [3.05, 3.63) is 18.3 Å². The summed E-state index contributed by atoms with van der Waals surface area (Å²) in [6, 6.07) is 2.75. The predicted octanol–water partition coefficient (Wildman–Crippen LogP) is 0.511. The molecule has 0 amide bonds. The van der Waals surface area contributed by atoms with Crippen molar-refractivity contribution in [1.29, 1.82) is 0 Å². The van der Waals surface area contributed by atoms with Gasteiger partial charge < -0.3 is 10.5 Å². The maximum absolute atomic E-state index is 12.0. The second kappa shape index (κ2) is 5.64. The van der Waals surface area contributed by atoms with Crippen molar-refractivity contribution in [2.24, 2.45) is 0 Å². The SMILES string of the molecule is Nc1cc(S(=O)(=O)NCC2CCCCO2)ccn1. The molecule has 2 rings (SSSR count). The van der Waals surface area contributed by atoms with Crippen molar-refractivity contribution >= 4 is 15.8 Å². The summed E-state index contributed by atoms with van der Waals surface area (Å²) in [6.07, 6.45) is 4.36. The summed E-state index contributed by atoms with van der Waals surface area (Å²) in [4.78, 5) is 3.89. The fourth-order valence-electron chi connectivity index (χ4n) is 1.85. The van der Waals surface area contributed by atoms with Gasteiger partial charge in [-0.25, -0.2) is 18.1 Å². The Bertz CT molecular complexity index is 498. The van der Waals surface area contributed by atoms with E-state index in [0.717, 1.165) is 19.3 Å². The summed E-state index contributed by atoms with van der Waals surface area (Å²) < 4.78 is 32.0. The van der Waals surface area contributed by atoms with Crippen molar-refractivity contribution in [3.8, 4) is 0 Å². The van der Waals surface area contributed by atoms with Gasteiger partial charge in [0.05, 0.1) is 11.0 Å². The minimum atomic E-state index is -3.53. The number of nitrogens with two attached hydrogens (primary N) is 1.